The van der Waals surface area contributed by atoms with Crippen LogP contribution in [0.15, 0.2) is 18.2 Å². The second-order valence-corrected chi connectivity index (χ2v) is 7.14. The Morgan fingerprint density at radius 1 is 1.45 bits per heavy atom. The first-order valence-corrected chi connectivity index (χ1v) is 8.50. The van der Waals surface area contributed by atoms with Crippen molar-refractivity contribution in [2.45, 2.75) is 50.9 Å². The van der Waals surface area contributed by atoms with Gasteiger partial charge in [0.05, 0.1) is 0 Å². The molecule has 1 aromatic carbocycles. The summed E-state index contributed by atoms with van der Waals surface area (Å²) in [6, 6.07) is 5.71. The molecule has 0 bridgehead atoms. The number of thioether (sulfide) groups is 1. The SMILES string of the molecule is CCC(N)Cc1cc(F)ccc1N1CCSC(C)C1C. The average molecular weight is 296 g/mol. The molecule has 2 nitrogen and oxygen atoms in total. The number of nitrogens with zero attached hydrogens (tertiary/aromatic N) is 1. The Hall–Kier alpha value is -0.740. The van der Waals surface area contributed by atoms with Gasteiger partial charge in [0.15, 0.2) is 0 Å². The lowest BCUT2D eigenvalue weighted by Gasteiger charge is -2.40. The molecule has 1 saturated heterocycles. The Morgan fingerprint density at radius 2 is 2.20 bits per heavy atom. The molecule has 2 rings (SSSR count). The summed E-state index contributed by atoms with van der Waals surface area (Å²) in [5.74, 6) is 0.960. The molecule has 0 radical (unpaired) electrons. The highest BCUT2D eigenvalue weighted by Gasteiger charge is 2.27. The normalized spacial score (nSPS) is 24.8. The second kappa shape index (κ2) is 6.81. The summed E-state index contributed by atoms with van der Waals surface area (Å²) in [5, 5.41) is 0.599. The van der Waals surface area contributed by atoms with Gasteiger partial charge in [0.25, 0.3) is 0 Å². The lowest BCUT2D eigenvalue weighted by atomic mass is 10.0. The standard InChI is InChI=1S/C16H25FN2S/c1-4-15(18)10-13-9-14(17)5-6-16(13)19-7-8-20-12(3)11(19)2/h5-6,9,11-12,15H,4,7-8,10,18H2,1-3H3. The molecule has 0 spiro atoms. The molecular weight excluding hydrogens is 271 g/mol. The molecule has 3 atom stereocenters. The molecule has 0 aromatic heterocycles. The van der Waals surface area contributed by atoms with Crippen LogP contribution in [0.3, 0.4) is 0 Å². The fraction of sp³-hybridized carbons (Fsp3) is 0.625. The predicted octanol–water partition coefficient (Wildman–Crippen LogP) is 3.44. The van der Waals surface area contributed by atoms with E-state index in [0.717, 1.165) is 36.4 Å². The van der Waals surface area contributed by atoms with Crippen molar-refractivity contribution >= 4 is 17.4 Å². The largest absolute Gasteiger partial charge is 0.367 e. The molecular formula is C16H25FN2S. The van der Waals surface area contributed by atoms with Crippen molar-refractivity contribution in [2.24, 2.45) is 5.73 Å². The van der Waals surface area contributed by atoms with E-state index < -0.39 is 0 Å². The van der Waals surface area contributed by atoms with Gasteiger partial charge in [-0.25, -0.2) is 4.39 Å². The van der Waals surface area contributed by atoms with Crippen LogP contribution in [0.5, 0.6) is 0 Å². The van der Waals surface area contributed by atoms with Crippen LogP contribution in [0.25, 0.3) is 0 Å². The molecule has 1 aromatic rings. The number of rotatable bonds is 4. The van der Waals surface area contributed by atoms with Crippen LogP contribution >= 0.6 is 11.8 Å². The highest BCUT2D eigenvalue weighted by Crippen LogP contribution is 2.32. The van der Waals surface area contributed by atoms with E-state index in [-0.39, 0.29) is 11.9 Å². The molecule has 4 heteroatoms. The van der Waals surface area contributed by atoms with E-state index in [0.29, 0.717) is 11.3 Å². The van der Waals surface area contributed by atoms with E-state index >= 15 is 0 Å². The van der Waals surface area contributed by atoms with Crippen LogP contribution in [-0.2, 0) is 6.42 Å². The van der Waals surface area contributed by atoms with E-state index in [9.17, 15) is 4.39 Å². The second-order valence-electron chi connectivity index (χ2n) is 5.66. The number of benzene rings is 1. The lowest BCUT2D eigenvalue weighted by molar-refractivity contribution is 0.599. The zero-order valence-electron chi connectivity index (χ0n) is 12.6. The van der Waals surface area contributed by atoms with Crippen LogP contribution in [0.2, 0.25) is 0 Å². The molecule has 20 heavy (non-hydrogen) atoms. The van der Waals surface area contributed by atoms with Gasteiger partial charge in [-0.3, -0.25) is 0 Å². The molecule has 3 unspecified atom stereocenters. The third-order valence-corrected chi connectivity index (χ3v) is 5.58. The van der Waals surface area contributed by atoms with Crippen molar-refractivity contribution in [3.8, 4) is 0 Å². The Bertz CT molecular complexity index is 452. The fourth-order valence-corrected chi connectivity index (χ4v) is 3.80. The van der Waals surface area contributed by atoms with Gasteiger partial charge in [0.1, 0.15) is 5.82 Å². The van der Waals surface area contributed by atoms with Crippen LogP contribution in [0.1, 0.15) is 32.8 Å². The van der Waals surface area contributed by atoms with Crippen molar-refractivity contribution in [3.05, 3.63) is 29.6 Å². The number of anilines is 1. The maximum absolute atomic E-state index is 13.6. The monoisotopic (exact) mass is 296 g/mol. The third-order valence-electron chi connectivity index (χ3n) is 4.24. The van der Waals surface area contributed by atoms with E-state index in [2.05, 4.69) is 25.7 Å². The van der Waals surface area contributed by atoms with Gasteiger partial charge in [0.2, 0.25) is 0 Å². The zero-order valence-corrected chi connectivity index (χ0v) is 13.4. The van der Waals surface area contributed by atoms with Crippen LogP contribution < -0.4 is 10.6 Å². The van der Waals surface area contributed by atoms with Crippen molar-refractivity contribution in [3.63, 3.8) is 0 Å². The van der Waals surface area contributed by atoms with E-state index in [1.54, 1.807) is 12.1 Å². The molecule has 0 aliphatic carbocycles. The minimum absolute atomic E-state index is 0.0995. The number of hydrogen-bond donors (Lipinski definition) is 1. The summed E-state index contributed by atoms with van der Waals surface area (Å²) in [7, 11) is 0. The Labute approximate surface area is 125 Å². The lowest BCUT2D eigenvalue weighted by Crippen LogP contribution is -2.45. The number of nitrogens with two attached hydrogens (primary N) is 1. The molecule has 1 aliphatic heterocycles. The third kappa shape index (κ3) is 3.47. The Morgan fingerprint density at radius 3 is 2.90 bits per heavy atom. The minimum Gasteiger partial charge on any atom is -0.367 e. The highest BCUT2D eigenvalue weighted by atomic mass is 32.2. The smallest absolute Gasteiger partial charge is 0.123 e. The average Bonchev–Trinajstić information content (AvgIpc) is 2.42. The van der Waals surface area contributed by atoms with Crippen molar-refractivity contribution in [1.29, 1.82) is 0 Å². The molecule has 1 fully saturated rings. The van der Waals surface area contributed by atoms with Crippen LogP contribution in [0, 0.1) is 5.82 Å². The molecule has 0 saturated carbocycles. The zero-order chi connectivity index (χ0) is 14.7. The molecule has 0 amide bonds. The van der Waals surface area contributed by atoms with Gasteiger partial charge in [-0.05, 0) is 43.5 Å². The van der Waals surface area contributed by atoms with Gasteiger partial charge < -0.3 is 10.6 Å². The first-order chi connectivity index (χ1) is 9.52. The number of hydrogen-bond acceptors (Lipinski definition) is 3. The quantitative estimate of drug-likeness (QED) is 0.923. The van der Waals surface area contributed by atoms with Gasteiger partial charge in [-0.15, -0.1) is 0 Å². The molecule has 1 heterocycles. The maximum Gasteiger partial charge on any atom is 0.123 e. The predicted molar refractivity (Wildman–Crippen MR) is 87.1 cm³/mol. The molecule has 2 N–H and O–H groups in total. The molecule has 1 aliphatic rings. The van der Waals surface area contributed by atoms with Crippen LogP contribution in [-0.4, -0.2) is 29.6 Å². The van der Waals surface area contributed by atoms with E-state index in [1.807, 2.05) is 17.8 Å². The summed E-state index contributed by atoms with van der Waals surface area (Å²) >= 11 is 2.01. The summed E-state index contributed by atoms with van der Waals surface area (Å²) in [6.45, 7) is 7.62. The van der Waals surface area contributed by atoms with Gasteiger partial charge in [-0.1, -0.05) is 13.8 Å². The summed E-state index contributed by atoms with van der Waals surface area (Å²) in [4.78, 5) is 2.42. The first-order valence-electron chi connectivity index (χ1n) is 7.45. The summed E-state index contributed by atoms with van der Waals surface area (Å²) in [6.07, 6.45) is 1.66. The van der Waals surface area contributed by atoms with Gasteiger partial charge >= 0.3 is 0 Å². The van der Waals surface area contributed by atoms with Gasteiger partial charge in [0, 0.05) is 35.3 Å². The topological polar surface area (TPSA) is 29.3 Å². The Balaban J connectivity index is 2.30. The fourth-order valence-electron chi connectivity index (χ4n) is 2.70. The Kier molecular flexibility index (Phi) is 5.33. The molecule has 112 valence electrons. The van der Waals surface area contributed by atoms with Crippen molar-refractivity contribution in [1.82, 2.24) is 0 Å². The minimum atomic E-state index is -0.167. The van der Waals surface area contributed by atoms with Gasteiger partial charge in [-0.2, -0.15) is 11.8 Å². The maximum atomic E-state index is 13.6. The van der Waals surface area contributed by atoms with E-state index in [1.165, 1.54) is 0 Å². The first kappa shape index (κ1) is 15.6. The van der Waals surface area contributed by atoms with Crippen LogP contribution in [0.4, 0.5) is 10.1 Å². The summed E-state index contributed by atoms with van der Waals surface area (Å²) < 4.78 is 13.6. The number of halogens is 1. The van der Waals surface area contributed by atoms with Crippen molar-refractivity contribution in [2.75, 3.05) is 17.2 Å². The summed E-state index contributed by atoms with van der Waals surface area (Å²) in [5.41, 5.74) is 8.28. The highest BCUT2D eigenvalue weighted by molar-refractivity contribution is 8.00. The van der Waals surface area contributed by atoms with E-state index in [4.69, 9.17) is 5.73 Å². The van der Waals surface area contributed by atoms with Crippen molar-refractivity contribution < 1.29 is 4.39 Å².